The van der Waals surface area contributed by atoms with Crippen molar-refractivity contribution < 1.29 is 42.9 Å². The maximum absolute atomic E-state index is 13.2. The van der Waals surface area contributed by atoms with Gasteiger partial charge < -0.3 is 24.3 Å². The fourth-order valence-electron chi connectivity index (χ4n) is 4.60. The number of nitrogens with zero attached hydrogens (tertiary/aromatic N) is 1. The van der Waals surface area contributed by atoms with Crippen LogP contribution >= 0.6 is 0 Å². The van der Waals surface area contributed by atoms with Gasteiger partial charge in [0, 0.05) is 0 Å². The summed E-state index contributed by atoms with van der Waals surface area (Å²) in [5, 5.41) is 2.53. The van der Waals surface area contributed by atoms with Crippen LogP contribution in [-0.4, -0.2) is 72.5 Å². The van der Waals surface area contributed by atoms with Crippen molar-refractivity contribution in [1.29, 1.82) is 0 Å². The zero-order chi connectivity index (χ0) is 29.6. The van der Waals surface area contributed by atoms with Gasteiger partial charge in [0.05, 0.1) is 16.7 Å². The summed E-state index contributed by atoms with van der Waals surface area (Å²) in [4.78, 5) is 68.2. The second-order valence-electron chi connectivity index (χ2n) is 9.56. The predicted molar refractivity (Wildman–Crippen MR) is 147 cm³/mol. The number of rotatable bonds is 8. The highest BCUT2D eigenvalue weighted by Crippen LogP contribution is 2.32. The van der Waals surface area contributed by atoms with Crippen LogP contribution in [-0.2, 0) is 28.5 Å². The van der Waals surface area contributed by atoms with Crippen LogP contribution in [0.5, 0.6) is 0 Å². The second kappa shape index (κ2) is 12.6. The predicted octanol–water partition coefficient (Wildman–Crippen LogP) is 2.55. The third-order valence-corrected chi connectivity index (χ3v) is 6.73. The van der Waals surface area contributed by atoms with E-state index in [4.69, 9.17) is 18.9 Å². The van der Waals surface area contributed by atoms with Crippen LogP contribution in [0.2, 0.25) is 0 Å². The van der Waals surface area contributed by atoms with Crippen molar-refractivity contribution in [3.63, 3.8) is 0 Å². The van der Waals surface area contributed by atoms with Crippen LogP contribution in [0, 0.1) is 0 Å². The Labute approximate surface area is 240 Å². The van der Waals surface area contributed by atoms with Gasteiger partial charge in [-0.05, 0) is 43.3 Å². The number of nitrogens with one attached hydrogen (secondary N) is 1. The zero-order valence-corrected chi connectivity index (χ0v) is 22.4. The number of carbonyl (C=O) groups excluding carboxylic acids is 5. The number of aliphatic imine (C=N–C) groups is 1. The first-order chi connectivity index (χ1) is 20.3. The average Bonchev–Trinajstić information content (AvgIpc) is 3.34. The molecule has 2 heterocycles. The van der Waals surface area contributed by atoms with Crippen molar-refractivity contribution in [1.82, 2.24) is 5.32 Å². The molecule has 5 atom stereocenters. The molecule has 0 unspecified atom stereocenters. The van der Waals surface area contributed by atoms with E-state index in [0.29, 0.717) is 0 Å². The van der Waals surface area contributed by atoms with E-state index in [9.17, 15) is 24.0 Å². The fraction of sp³-hybridized carbons (Fsp3) is 0.226. The monoisotopic (exact) mass is 570 g/mol. The SMILES string of the molecule is CC1=NC(=O)[C@H]([C@H]2O[C@H](COC(=O)c3ccccc3)[C@@H](OC(=O)c3ccccc3)[C@@H]2OC(=O)c2ccccc2)NC1=O. The highest BCUT2D eigenvalue weighted by Gasteiger charge is 2.55. The molecule has 42 heavy (non-hydrogen) atoms. The maximum atomic E-state index is 13.2. The van der Waals surface area contributed by atoms with Crippen LogP contribution in [0.15, 0.2) is 96.0 Å². The molecule has 2 aliphatic rings. The van der Waals surface area contributed by atoms with Gasteiger partial charge in [0.15, 0.2) is 12.2 Å². The maximum Gasteiger partial charge on any atom is 0.338 e. The lowest BCUT2D eigenvalue weighted by Gasteiger charge is -2.29. The highest BCUT2D eigenvalue weighted by atomic mass is 16.7. The smallest absolute Gasteiger partial charge is 0.338 e. The Morgan fingerprint density at radius 1 is 0.738 bits per heavy atom. The van der Waals surface area contributed by atoms with E-state index in [2.05, 4.69) is 10.3 Å². The Kier molecular flexibility index (Phi) is 8.49. The normalized spacial score (nSPS) is 23.4. The Balaban J connectivity index is 1.48. The molecule has 2 aliphatic heterocycles. The topological polar surface area (TPSA) is 147 Å². The summed E-state index contributed by atoms with van der Waals surface area (Å²) in [5.41, 5.74) is 0.622. The largest absolute Gasteiger partial charge is 0.459 e. The number of amides is 2. The number of benzene rings is 3. The van der Waals surface area contributed by atoms with Gasteiger partial charge in [0.2, 0.25) is 0 Å². The van der Waals surface area contributed by atoms with Crippen molar-refractivity contribution in [2.24, 2.45) is 4.99 Å². The molecule has 2 amide bonds. The van der Waals surface area contributed by atoms with E-state index in [1.165, 1.54) is 31.2 Å². The van der Waals surface area contributed by atoms with Crippen molar-refractivity contribution >= 4 is 35.4 Å². The van der Waals surface area contributed by atoms with Crippen molar-refractivity contribution in [3.05, 3.63) is 108 Å². The quantitative estimate of drug-likeness (QED) is 0.319. The summed E-state index contributed by atoms with van der Waals surface area (Å²) in [6, 6.07) is 23.0. The molecule has 0 radical (unpaired) electrons. The van der Waals surface area contributed by atoms with Gasteiger partial charge >= 0.3 is 17.9 Å². The summed E-state index contributed by atoms with van der Waals surface area (Å²) in [7, 11) is 0. The molecule has 1 N–H and O–H groups in total. The number of hydrogen-bond donors (Lipinski definition) is 1. The fourth-order valence-corrected chi connectivity index (χ4v) is 4.60. The highest BCUT2D eigenvalue weighted by molar-refractivity contribution is 6.41. The lowest BCUT2D eigenvalue weighted by atomic mass is 9.99. The van der Waals surface area contributed by atoms with Crippen LogP contribution in [0.25, 0.3) is 0 Å². The van der Waals surface area contributed by atoms with E-state index in [1.54, 1.807) is 66.7 Å². The minimum absolute atomic E-state index is 0.0486. The molecule has 0 saturated carbocycles. The summed E-state index contributed by atoms with van der Waals surface area (Å²) < 4.78 is 23.2. The van der Waals surface area contributed by atoms with Crippen LogP contribution in [0.3, 0.4) is 0 Å². The molecule has 0 aromatic heterocycles. The molecular weight excluding hydrogens is 544 g/mol. The van der Waals surface area contributed by atoms with Gasteiger partial charge in [-0.1, -0.05) is 54.6 Å². The molecule has 3 aromatic rings. The molecule has 1 saturated heterocycles. The zero-order valence-electron chi connectivity index (χ0n) is 22.4. The second-order valence-corrected chi connectivity index (χ2v) is 9.56. The molecular formula is C31H26N2O9. The lowest BCUT2D eigenvalue weighted by Crippen LogP contribution is -2.57. The Bertz CT molecular complexity index is 1510. The third-order valence-electron chi connectivity index (χ3n) is 6.73. The first-order valence-electron chi connectivity index (χ1n) is 13.1. The van der Waals surface area contributed by atoms with Gasteiger partial charge in [-0.25, -0.2) is 19.4 Å². The standard InChI is InChI=1S/C31H26N2O9/c1-18-27(34)33-23(28(35)32-18)25-26(42-31(38)21-15-9-4-10-16-21)24(41-30(37)20-13-7-3-8-14-20)22(40-25)17-39-29(36)19-11-5-2-6-12-19/h2-16,22-26H,17H2,1H3,(H,33,34)/t22-,23+,24-,25-,26+/m1/s1. The molecule has 0 bridgehead atoms. The summed E-state index contributed by atoms with van der Waals surface area (Å²) in [6.45, 7) is 0.954. The Morgan fingerprint density at radius 2 is 1.21 bits per heavy atom. The molecule has 1 fully saturated rings. The van der Waals surface area contributed by atoms with Crippen LogP contribution < -0.4 is 5.32 Å². The molecule has 11 heteroatoms. The molecule has 0 spiro atoms. The molecule has 0 aliphatic carbocycles. The first kappa shape index (κ1) is 28.4. The van der Waals surface area contributed by atoms with Gasteiger partial charge in [-0.2, -0.15) is 0 Å². The molecule has 11 nitrogen and oxygen atoms in total. The Hall–Kier alpha value is -5.16. The summed E-state index contributed by atoms with van der Waals surface area (Å²) >= 11 is 0. The van der Waals surface area contributed by atoms with E-state index in [0.717, 1.165) is 0 Å². The van der Waals surface area contributed by atoms with Crippen molar-refractivity contribution in [2.75, 3.05) is 6.61 Å². The minimum Gasteiger partial charge on any atom is -0.459 e. The van der Waals surface area contributed by atoms with Crippen LogP contribution in [0.1, 0.15) is 38.0 Å². The lowest BCUT2D eigenvalue weighted by molar-refractivity contribution is -0.132. The first-order valence-corrected chi connectivity index (χ1v) is 13.1. The number of carbonyl (C=O) groups is 5. The van der Waals surface area contributed by atoms with E-state index in [1.807, 2.05) is 0 Å². The third kappa shape index (κ3) is 6.26. The van der Waals surface area contributed by atoms with E-state index in [-0.39, 0.29) is 22.4 Å². The van der Waals surface area contributed by atoms with E-state index >= 15 is 0 Å². The molecule has 214 valence electrons. The minimum atomic E-state index is -1.39. The van der Waals surface area contributed by atoms with Gasteiger partial charge in [0.1, 0.15) is 30.6 Å². The van der Waals surface area contributed by atoms with Crippen LogP contribution in [0.4, 0.5) is 0 Å². The molecule has 5 rings (SSSR count). The number of ether oxygens (including phenoxy) is 4. The van der Waals surface area contributed by atoms with Crippen molar-refractivity contribution in [2.45, 2.75) is 37.4 Å². The van der Waals surface area contributed by atoms with Gasteiger partial charge in [-0.3, -0.25) is 9.59 Å². The van der Waals surface area contributed by atoms with Gasteiger partial charge in [-0.15, -0.1) is 0 Å². The van der Waals surface area contributed by atoms with E-state index < -0.39 is 66.8 Å². The Morgan fingerprint density at radius 3 is 1.74 bits per heavy atom. The summed E-state index contributed by atoms with van der Waals surface area (Å²) in [5.74, 6) is -3.58. The van der Waals surface area contributed by atoms with Gasteiger partial charge in [0.25, 0.3) is 11.8 Å². The summed E-state index contributed by atoms with van der Waals surface area (Å²) in [6.07, 6.45) is -5.25. The number of esters is 3. The average molecular weight is 571 g/mol. The van der Waals surface area contributed by atoms with Crippen molar-refractivity contribution in [3.8, 4) is 0 Å². The number of hydrogen-bond acceptors (Lipinski definition) is 9. The molecule has 3 aromatic carbocycles.